The van der Waals surface area contributed by atoms with Gasteiger partial charge in [-0.3, -0.25) is 0 Å². The second kappa shape index (κ2) is 3.04. The molecule has 2 heteroatoms. The minimum atomic E-state index is 0.277. The molecule has 3 unspecified atom stereocenters. The molecule has 1 heterocycles. The third-order valence-electron chi connectivity index (χ3n) is 2.58. The highest BCUT2D eigenvalue weighted by Crippen LogP contribution is 2.51. The van der Waals surface area contributed by atoms with E-state index in [-0.39, 0.29) is 5.38 Å². The first-order valence-electron chi connectivity index (χ1n) is 4.39. The predicted molar refractivity (Wildman–Crippen MR) is 54.9 cm³/mol. The molecule has 1 aromatic rings. The maximum atomic E-state index is 6.32. The molecule has 0 amide bonds. The third-order valence-corrected chi connectivity index (χ3v) is 4.35. The zero-order chi connectivity index (χ0) is 8.72. The third kappa shape index (κ3) is 1.53. The van der Waals surface area contributed by atoms with Crippen molar-refractivity contribution in [2.75, 3.05) is 0 Å². The molecule has 0 bridgehead atoms. The van der Waals surface area contributed by atoms with Crippen LogP contribution in [0.25, 0.3) is 0 Å². The summed E-state index contributed by atoms with van der Waals surface area (Å²) in [6, 6.07) is 4.32. The van der Waals surface area contributed by atoms with Gasteiger partial charge in [0.25, 0.3) is 0 Å². The van der Waals surface area contributed by atoms with Crippen LogP contribution in [-0.4, -0.2) is 0 Å². The zero-order valence-corrected chi connectivity index (χ0v) is 8.95. The SMILES string of the molecule is Cc1ccc(C(Cl)C2CC2C)s1. The average molecular weight is 201 g/mol. The van der Waals surface area contributed by atoms with Crippen LogP contribution in [0.5, 0.6) is 0 Å². The number of hydrogen-bond donors (Lipinski definition) is 0. The van der Waals surface area contributed by atoms with Gasteiger partial charge in [-0.1, -0.05) is 6.92 Å². The van der Waals surface area contributed by atoms with Gasteiger partial charge in [-0.05, 0) is 37.3 Å². The molecule has 1 aliphatic carbocycles. The van der Waals surface area contributed by atoms with E-state index >= 15 is 0 Å². The maximum Gasteiger partial charge on any atom is 0.0709 e. The number of thiophene rings is 1. The second-order valence-corrected chi connectivity index (χ2v) is 5.52. The van der Waals surface area contributed by atoms with Crippen molar-refractivity contribution in [2.45, 2.75) is 25.6 Å². The number of aryl methyl sites for hydroxylation is 1. The summed E-state index contributed by atoms with van der Waals surface area (Å²) in [7, 11) is 0. The Morgan fingerprint density at radius 1 is 1.58 bits per heavy atom. The number of hydrogen-bond acceptors (Lipinski definition) is 1. The summed E-state index contributed by atoms with van der Waals surface area (Å²) < 4.78 is 0. The van der Waals surface area contributed by atoms with Gasteiger partial charge in [0.1, 0.15) is 0 Å². The minimum Gasteiger partial charge on any atom is -0.144 e. The van der Waals surface area contributed by atoms with Crippen molar-refractivity contribution in [1.29, 1.82) is 0 Å². The van der Waals surface area contributed by atoms with Gasteiger partial charge < -0.3 is 0 Å². The smallest absolute Gasteiger partial charge is 0.0709 e. The molecule has 66 valence electrons. The maximum absolute atomic E-state index is 6.32. The Morgan fingerprint density at radius 3 is 2.67 bits per heavy atom. The van der Waals surface area contributed by atoms with Crippen LogP contribution in [0.1, 0.15) is 28.5 Å². The summed E-state index contributed by atoms with van der Waals surface area (Å²) in [5.74, 6) is 1.58. The largest absolute Gasteiger partial charge is 0.144 e. The van der Waals surface area contributed by atoms with Gasteiger partial charge in [0.05, 0.1) is 5.38 Å². The molecular formula is C10H13ClS. The van der Waals surface area contributed by atoms with Crippen molar-refractivity contribution in [1.82, 2.24) is 0 Å². The Labute approximate surface area is 82.6 Å². The summed E-state index contributed by atoms with van der Waals surface area (Å²) >= 11 is 8.16. The van der Waals surface area contributed by atoms with Crippen LogP contribution in [-0.2, 0) is 0 Å². The quantitative estimate of drug-likeness (QED) is 0.634. The Hall–Kier alpha value is -0.0100. The monoisotopic (exact) mass is 200 g/mol. The van der Waals surface area contributed by atoms with Crippen LogP contribution in [0, 0.1) is 18.8 Å². The van der Waals surface area contributed by atoms with E-state index in [2.05, 4.69) is 26.0 Å². The van der Waals surface area contributed by atoms with Crippen molar-refractivity contribution in [3.8, 4) is 0 Å². The molecule has 1 saturated carbocycles. The lowest BCUT2D eigenvalue weighted by Crippen LogP contribution is -1.89. The van der Waals surface area contributed by atoms with Crippen LogP contribution in [0.4, 0.5) is 0 Å². The molecule has 1 aromatic heterocycles. The average Bonchev–Trinajstić information content (AvgIpc) is 2.58. The normalized spacial score (nSPS) is 30.2. The standard InChI is InChI=1S/C10H13ClS/c1-6-5-8(6)10(11)9-4-3-7(2)12-9/h3-4,6,8,10H,5H2,1-2H3. The molecule has 0 saturated heterocycles. The molecule has 0 N–H and O–H groups in total. The van der Waals surface area contributed by atoms with Gasteiger partial charge in [0, 0.05) is 9.75 Å². The van der Waals surface area contributed by atoms with E-state index in [0.717, 1.165) is 11.8 Å². The van der Waals surface area contributed by atoms with Crippen LogP contribution in [0.2, 0.25) is 0 Å². The highest BCUT2D eigenvalue weighted by molar-refractivity contribution is 7.12. The molecular weight excluding hydrogens is 188 g/mol. The molecule has 0 radical (unpaired) electrons. The first-order chi connectivity index (χ1) is 5.68. The zero-order valence-electron chi connectivity index (χ0n) is 7.38. The Balaban J connectivity index is 2.09. The summed E-state index contributed by atoms with van der Waals surface area (Å²) in [6.45, 7) is 4.41. The van der Waals surface area contributed by atoms with E-state index in [9.17, 15) is 0 Å². The topological polar surface area (TPSA) is 0 Å². The first kappa shape index (κ1) is 8.58. The highest BCUT2D eigenvalue weighted by Gasteiger charge is 2.39. The fraction of sp³-hybridized carbons (Fsp3) is 0.600. The first-order valence-corrected chi connectivity index (χ1v) is 5.64. The Kier molecular flexibility index (Phi) is 2.18. The molecule has 1 fully saturated rings. The molecule has 0 nitrogen and oxygen atoms in total. The lowest BCUT2D eigenvalue weighted by Gasteiger charge is -2.03. The Bertz CT molecular complexity index is 279. The van der Waals surface area contributed by atoms with Crippen molar-refractivity contribution in [2.24, 2.45) is 11.8 Å². The number of halogens is 1. The predicted octanol–water partition coefficient (Wildman–Crippen LogP) is 3.99. The van der Waals surface area contributed by atoms with Gasteiger partial charge in [-0.25, -0.2) is 0 Å². The number of rotatable bonds is 2. The molecule has 0 spiro atoms. The van der Waals surface area contributed by atoms with E-state index in [1.54, 1.807) is 0 Å². The van der Waals surface area contributed by atoms with Crippen molar-refractivity contribution < 1.29 is 0 Å². The molecule has 12 heavy (non-hydrogen) atoms. The van der Waals surface area contributed by atoms with Crippen molar-refractivity contribution in [3.05, 3.63) is 21.9 Å². The minimum absolute atomic E-state index is 0.277. The van der Waals surface area contributed by atoms with Gasteiger partial charge in [-0.2, -0.15) is 0 Å². The molecule has 2 rings (SSSR count). The van der Waals surface area contributed by atoms with Crippen LogP contribution in [0.15, 0.2) is 12.1 Å². The fourth-order valence-electron chi connectivity index (χ4n) is 1.57. The van der Waals surface area contributed by atoms with Gasteiger partial charge in [-0.15, -0.1) is 22.9 Å². The highest BCUT2D eigenvalue weighted by atomic mass is 35.5. The second-order valence-electron chi connectivity index (χ2n) is 3.73. The molecule has 0 aliphatic heterocycles. The molecule has 3 atom stereocenters. The van der Waals surface area contributed by atoms with E-state index in [4.69, 9.17) is 11.6 Å². The Morgan fingerprint density at radius 2 is 2.25 bits per heavy atom. The van der Waals surface area contributed by atoms with Crippen LogP contribution < -0.4 is 0 Å². The lowest BCUT2D eigenvalue weighted by atomic mass is 10.2. The van der Waals surface area contributed by atoms with Crippen LogP contribution >= 0.6 is 22.9 Å². The van der Waals surface area contributed by atoms with E-state index in [1.807, 2.05) is 11.3 Å². The van der Waals surface area contributed by atoms with Gasteiger partial charge >= 0.3 is 0 Å². The molecule has 1 aliphatic rings. The van der Waals surface area contributed by atoms with Crippen LogP contribution in [0.3, 0.4) is 0 Å². The molecule has 0 aromatic carbocycles. The van der Waals surface area contributed by atoms with Crippen molar-refractivity contribution >= 4 is 22.9 Å². The van der Waals surface area contributed by atoms with E-state index < -0.39 is 0 Å². The van der Waals surface area contributed by atoms with E-state index in [0.29, 0.717) is 0 Å². The summed E-state index contributed by atoms with van der Waals surface area (Å²) in [6.07, 6.45) is 1.31. The summed E-state index contributed by atoms with van der Waals surface area (Å²) in [5, 5.41) is 0.277. The summed E-state index contributed by atoms with van der Waals surface area (Å²) in [5.41, 5.74) is 0. The lowest BCUT2D eigenvalue weighted by molar-refractivity contribution is 0.731. The summed E-state index contributed by atoms with van der Waals surface area (Å²) in [4.78, 5) is 2.72. The number of alkyl halides is 1. The van der Waals surface area contributed by atoms with Gasteiger partial charge in [0.2, 0.25) is 0 Å². The van der Waals surface area contributed by atoms with E-state index in [1.165, 1.54) is 16.2 Å². The van der Waals surface area contributed by atoms with Crippen molar-refractivity contribution in [3.63, 3.8) is 0 Å². The van der Waals surface area contributed by atoms with Gasteiger partial charge in [0.15, 0.2) is 0 Å². The fourth-order valence-corrected chi connectivity index (χ4v) is 3.06.